The topological polar surface area (TPSA) is 64.4 Å². The smallest absolute Gasteiger partial charge is 0.329 e. The van der Waals surface area contributed by atoms with Crippen LogP contribution in [0.4, 0.5) is 5.69 Å². The third-order valence-electron chi connectivity index (χ3n) is 5.40. The zero-order chi connectivity index (χ0) is 21.4. The minimum absolute atomic E-state index is 0.256. The number of fused-ring (bicyclic) bond motifs is 1. The second-order valence-corrected chi connectivity index (χ2v) is 7.80. The largest absolute Gasteiger partial charge is 0.467 e. The molecule has 1 atom stereocenters. The summed E-state index contributed by atoms with van der Waals surface area (Å²) >= 11 is 6.61. The normalized spacial score (nSPS) is 15.2. The fraction of sp³-hybridized carbons (Fsp3) is 0.261. The molecule has 1 aromatic heterocycles. The Balaban J connectivity index is 1.71. The molecule has 1 amide bonds. The standard InChI is InChI=1S/C23H22ClN3O3/c1-14-8-10-16(11-9-14)13-26-21(24)20(15(2)25-26)22(28)27-18-7-5-4-6-17(18)12-19(27)23(29)30-3/h4-11,19H,12-13H2,1-3H3. The Bertz CT molecular complexity index is 1120. The molecule has 1 unspecified atom stereocenters. The van der Waals surface area contributed by atoms with Gasteiger partial charge in [-0.3, -0.25) is 9.69 Å². The lowest BCUT2D eigenvalue weighted by atomic mass is 10.1. The second kappa shape index (κ2) is 7.95. The van der Waals surface area contributed by atoms with Crippen molar-refractivity contribution in [3.63, 3.8) is 0 Å². The summed E-state index contributed by atoms with van der Waals surface area (Å²) < 4.78 is 6.56. The number of para-hydroxylation sites is 1. The lowest BCUT2D eigenvalue weighted by Crippen LogP contribution is -2.43. The molecule has 1 aliphatic heterocycles. The Labute approximate surface area is 180 Å². The van der Waals surface area contributed by atoms with Gasteiger partial charge in [0.2, 0.25) is 0 Å². The summed E-state index contributed by atoms with van der Waals surface area (Å²) in [6.45, 7) is 4.22. The molecule has 0 N–H and O–H groups in total. The number of aryl methyl sites for hydroxylation is 2. The highest BCUT2D eigenvalue weighted by atomic mass is 35.5. The summed E-state index contributed by atoms with van der Waals surface area (Å²) in [7, 11) is 1.33. The fourth-order valence-electron chi connectivity index (χ4n) is 3.85. The van der Waals surface area contributed by atoms with E-state index >= 15 is 0 Å². The number of anilines is 1. The number of halogens is 1. The molecule has 0 saturated heterocycles. The van der Waals surface area contributed by atoms with E-state index in [0.29, 0.717) is 29.9 Å². The van der Waals surface area contributed by atoms with Gasteiger partial charge in [-0.1, -0.05) is 59.6 Å². The first kappa shape index (κ1) is 20.2. The summed E-state index contributed by atoms with van der Waals surface area (Å²) in [5, 5.41) is 4.74. The van der Waals surface area contributed by atoms with Crippen LogP contribution in [0, 0.1) is 13.8 Å². The highest BCUT2D eigenvalue weighted by molar-refractivity contribution is 6.34. The van der Waals surface area contributed by atoms with Crippen molar-refractivity contribution in [2.75, 3.05) is 12.0 Å². The predicted molar refractivity (Wildman–Crippen MR) is 115 cm³/mol. The molecule has 1 aliphatic rings. The lowest BCUT2D eigenvalue weighted by molar-refractivity contribution is -0.141. The van der Waals surface area contributed by atoms with Gasteiger partial charge in [0, 0.05) is 12.1 Å². The molecule has 0 aliphatic carbocycles. The Morgan fingerprint density at radius 1 is 1.13 bits per heavy atom. The Hall–Kier alpha value is -3.12. The fourth-order valence-corrected chi connectivity index (χ4v) is 4.16. The van der Waals surface area contributed by atoms with Gasteiger partial charge in [-0.2, -0.15) is 5.10 Å². The lowest BCUT2D eigenvalue weighted by Gasteiger charge is -2.23. The molecular weight excluding hydrogens is 402 g/mol. The van der Waals surface area contributed by atoms with Crippen LogP contribution in [0.15, 0.2) is 48.5 Å². The number of esters is 1. The summed E-state index contributed by atoms with van der Waals surface area (Å²) in [5.41, 5.74) is 4.63. The minimum Gasteiger partial charge on any atom is -0.467 e. The zero-order valence-corrected chi connectivity index (χ0v) is 17.8. The van der Waals surface area contributed by atoms with E-state index in [0.717, 1.165) is 11.1 Å². The number of hydrogen-bond donors (Lipinski definition) is 0. The monoisotopic (exact) mass is 423 g/mol. The summed E-state index contributed by atoms with van der Waals surface area (Å²) in [6, 6.07) is 14.8. The van der Waals surface area contributed by atoms with Gasteiger partial charge in [0.05, 0.1) is 24.9 Å². The van der Waals surface area contributed by atoms with Crippen molar-refractivity contribution in [1.82, 2.24) is 9.78 Å². The summed E-state index contributed by atoms with van der Waals surface area (Å²) in [5.74, 6) is -0.812. The molecule has 3 aromatic rings. The molecule has 154 valence electrons. The maximum atomic E-state index is 13.6. The molecule has 0 radical (unpaired) electrons. The van der Waals surface area contributed by atoms with Crippen LogP contribution in [-0.4, -0.2) is 34.8 Å². The third kappa shape index (κ3) is 3.48. The van der Waals surface area contributed by atoms with E-state index in [1.165, 1.54) is 17.6 Å². The van der Waals surface area contributed by atoms with Gasteiger partial charge in [0.25, 0.3) is 5.91 Å². The van der Waals surface area contributed by atoms with Gasteiger partial charge in [-0.25, -0.2) is 9.48 Å². The van der Waals surface area contributed by atoms with Crippen LogP contribution < -0.4 is 4.90 Å². The number of nitrogens with zero attached hydrogens (tertiary/aromatic N) is 3. The number of aromatic nitrogens is 2. The first-order valence-corrected chi connectivity index (χ1v) is 10.1. The van der Waals surface area contributed by atoms with E-state index in [1.807, 2.05) is 55.5 Å². The SMILES string of the molecule is COC(=O)C1Cc2ccccc2N1C(=O)c1c(C)nn(Cc2ccc(C)cc2)c1Cl. The van der Waals surface area contributed by atoms with Crippen molar-refractivity contribution in [3.8, 4) is 0 Å². The molecule has 0 bridgehead atoms. The van der Waals surface area contributed by atoms with Crippen molar-refractivity contribution in [3.05, 3.63) is 81.6 Å². The maximum absolute atomic E-state index is 13.6. The molecule has 2 heterocycles. The maximum Gasteiger partial charge on any atom is 0.329 e. The minimum atomic E-state index is -0.726. The van der Waals surface area contributed by atoms with Crippen molar-refractivity contribution in [2.45, 2.75) is 32.9 Å². The van der Waals surface area contributed by atoms with Crippen molar-refractivity contribution in [2.24, 2.45) is 0 Å². The first-order valence-electron chi connectivity index (χ1n) is 9.68. The molecule has 2 aromatic carbocycles. The number of methoxy groups -OCH3 is 1. The van der Waals surface area contributed by atoms with Crippen molar-refractivity contribution >= 4 is 29.2 Å². The van der Waals surface area contributed by atoms with E-state index in [4.69, 9.17) is 16.3 Å². The van der Waals surface area contributed by atoms with Crippen LogP contribution in [-0.2, 0) is 22.5 Å². The molecule has 30 heavy (non-hydrogen) atoms. The number of amides is 1. The van der Waals surface area contributed by atoms with E-state index < -0.39 is 12.0 Å². The Morgan fingerprint density at radius 3 is 2.53 bits per heavy atom. The summed E-state index contributed by atoms with van der Waals surface area (Å²) in [4.78, 5) is 27.5. The van der Waals surface area contributed by atoms with Crippen LogP contribution in [0.3, 0.4) is 0 Å². The van der Waals surface area contributed by atoms with E-state index in [2.05, 4.69) is 5.10 Å². The predicted octanol–water partition coefficient (Wildman–Crippen LogP) is 3.95. The van der Waals surface area contributed by atoms with E-state index in [-0.39, 0.29) is 11.1 Å². The van der Waals surface area contributed by atoms with Crippen molar-refractivity contribution in [1.29, 1.82) is 0 Å². The number of hydrogen-bond acceptors (Lipinski definition) is 4. The average Bonchev–Trinajstić information content (AvgIpc) is 3.26. The number of carbonyl (C=O) groups excluding carboxylic acids is 2. The summed E-state index contributed by atoms with van der Waals surface area (Å²) in [6.07, 6.45) is 0.406. The molecule has 0 spiro atoms. The number of ether oxygens (including phenoxy) is 1. The van der Waals surface area contributed by atoms with E-state index in [9.17, 15) is 9.59 Å². The second-order valence-electron chi connectivity index (χ2n) is 7.44. The molecule has 0 saturated carbocycles. The van der Waals surface area contributed by atoms with Gasteiger partial charge >= 0.3 is 5.97 Å². The number of benzene rings is 2. The highest BCUT2D eigenvalue weighted by Gasteiger charge is 2.41. The highest BCUT2D eigenvalue weighted by Crippen LogP contribution is 2.35. The molecular formula is C23H22ClN3O3. The molecule has 7 heteroatoms. The molecule has 6 nitrogen and oxygen atoms in total. The third-order valence-corrected chi connectivity index (χ3v) is 5.78. The molecule has 0 fully saturated rings. The van der Waals surface area contributed by atoms with Crippen LogP contribution in [0.2, 0.25) is 5.15 Å². The van der Waals surface area contributed by atoms with Gasteiger partial charge in [0.1, 0.15) is 11.2 Å². The van der Waals surface area contributed by atoms with Gasteiger partial charge in [-0.15, -0.1) is 0 Å². The van der Waals surface area contributed by atoms with E-state index in [1.54, 1.807) is 11.6 Å². The van der Waals surface area contributed by atoms with Gasteiger partial charge < -0.3 is 4.74 Å². The number of carbonyl (C=O) groups is 2. The van der Waals surface area contributed by atoms with Crippen LogP contribution in [0.1, 0.15) is 32.7 Å². The van der Waals surface area contributed by atoms with Crippen molar-refractivity contribution < 1.29 is 14.3 Å². The Kier molecular flexibility index (Phi) is 5.35. The van der Waals surface area contributed by atoms with Gasteiger partial charge in [-0.05, 0) is 31.0 Å². The van der Waals surface area contributed by atoms with Crippen LogP contribution in [0.25, 0.3) is 0 Å². The first-order chi connectivity index (χ1) is 14.4. The van der Waals surface area contributed by atoms with Crippen LogP contribution in [0.5, 0.6) is 0 Å². The van der Waals surface area contributed by atoms with Crippen LogP contribution >= 0.6 is 11.6 Å². The quantitative estimate of drug-likeness (QED) is 0.596. The van der Waals surface area contributed by atoms with Gasteiger partial charge in [0.15, 0.2) is 0 Å². The zero-order valence-electron chi connectivity index (χ0n) is 17.1. The molecule has 4 rings (SSSR count). The average molecular weight is 424 g/mol. The Morgan fingerprint density at radius 2 is 1.83 bits per heavy atom. The number of rotatable bonds is 4.